The zero-order valence-electron chi connectivity index (χ0n) is 17.1. The zero-order valence-corrected chi connectivity index (χ0v) is 17.1. The highest BCUT2D eigenvalue weighted by molar-refractivity contribution is 5.94. The molecule has 0 amide bonds. The molecule has 0 atom stereocenters. The first-order chi connectivity index (χ1) is 15.3. The SMILES string of the molecule is CNc1nc(-c2cccc(N)c2C=N)nc(OCCc2cccc(C(F)(F)F)c2)c1C=N. The van der Waals surface area contributed by atoms with Crippen LogP contribution in [0.4, 0.5) is 24.7 Å². The van der Waals surface area contributed by atoms with Crippen LogP contribution < -0.4 is 15.8 Å². The molecule has 7 nitrogen and oxygen atoms in total. The molecule has 166 valence electrons. The highest BCUT2D eigenvalue weighted by atomic mass is 19.4. The van der Waals surface area contributed by atoms with Crippen LogP contribution in [0.25, 0.3) is 11.4 Å². The molecule has 1 aromatic heterocycles. The predicted octanol–water partition coefficient (Wildman–Crippen LogP) is 4.40. The van der Waals surface area contributed by atoms with E-state index in [9.17, 15) is 13.2 Å². The second kappa shape index (κ2) is 9.46. The average molecular weight is 442 g/mol. The minimum Gasteiger partial charge on any atom is -0.477 e. The zero-order chi connectivity index (χ0) is 23.3. The number of nitrogen functional groups attached to an aromatic ring is 1. The van der Waals surface area contributed by atoms with Crippen molar-refractivity contribution in [2.24, 2.45) is 0 Å². The summed E-state index contributed by atoms with van der Waals surface area (Å²) < 4.78 is 44.5. The van der Waals surface area contributed by atoms with Gasteiger partial charge in [0, 0.05) is 42.7 Å². The van der Waals surface area contributed by atoms with Crippen LogP contribution in [0.15, 0.2) is 42.5 Å². The molecule has 0 unspecified atom stereocenters. The molecule has 0 saturated carbocycles. The van der Waals surface area contributed by atoms with Gasteiger partial charge in [-0.05, 0) is 17.7 Å². The van der Waals surface area contributed by atoms with Crippen molar-refractivity contribution in [1.29, 1.82) is 10.8 Å². The summed E-state index contributed by atoms with van der Waals surface area (Å²) in [6.45, 7) is 0.0378. The van der Waals surface area contributed by atoms with Gasteiger partial charge in [0.25, 0.3) is 0 Å². The Bertz CT molecular complexity index is 1150. The third-order valence-corrected chi connectivity index (χ3v) is 4.70. The molecular weight excluding hydrogens is 421 g/mol. The van der Waals surface area contributed by atoms with Crippen molar-refractivity contribution in [3.63, 3.8) is 0 Å². The van der Waals surface area contributed by atoms with Crippen LogP contribution in [-0.2, 0) is 12.6 Å². The average Bonchev–Trinajstić information content (AvgIpc) is 2.78. The number of anilines is 2. The summed E-state index contributed by atoms with van der Waals surface area (Å²) in [4.78, 5) is 8.81. The first-order valence-corrected chi connectivity index (χ1v) is 9.57. The molecule has 0 radical (unpaired) electrons. The first kappa shape index (κ1) is 22.7. The van der Waals surface area contributed by atoms with E-state index < -0.39 is 11.7 Å². The topological polar surface area (TPSA) is 121 Å². The quantitative estimate of drug-likeness (QED) is 0.304. The Labute approximate surface area is 182 Å². The molecule has 32 heavy (non-hydrogen) atoms. The van der Waals surface area contributed by atoms with E-state index in [0.29, 0.717) is 33.8 Å². The van der Waals surface area contributed by atoms with Crippen LogP contribution in [0.1, 0.15) is 22.3 Å². The molecule has 2 aromatic carbocycles. The van der Waals surface area contributed by atoms with Crippen LogP contribution in [0.2, 0.25) is 0 Å². The second-order valence-electron chi connectivity index (χ2n) is 6.76. The van der Waals surface area contributed by atoms with Gasteiger partial charge < -0.3 is 26.6 Å². The van der Waals surface area contributed by atoms with Gasteiger partial charge in [-0.3, -0.25) is 0 Å². The maximum Gasteiger partial charge on any atom is 0.416 e. The van der Waals surface area contributed by atoms with Crippen molar-refractivity contribution < 1.29 is 17.9 Å². The summed E-state index contributed by atoms with van der Waals surface area (Å²) >= 11 is 0. The molecule has 0 aliphatic carbocycles. The monoisotopic (exact) mass is 442 g/mol. The largest absolute Gasteiger partial charge is 0.477 e. The number of benzene rings is 2. The van der Waals surface area contributed by atoms with Gasteiger partial charge in [0.2, 0.25) is 5.88 Å². The number of nitrogens with two attached hydrogens (primary N) is 1. The van der Waals surface area contributed by atoms with Gasteiger partial charge >= 0.3 is 6.18 Å². The van der Waals surface area contributed by atoms with Gasteiger partial charge in [0.1, 0.15) is 5.82 Å². The van der Waals surface area contributed by atoms with Gasteiger partial charge in [-0.1, -0.05) is 30.3 Å². The molecule has 5 N–H and O–H groups in total. The van der Waals surface area contributed by atoms with Gasteiger partial charge in [0.15, 0.2) is 5.82 Å². The standard InChI is InChI=1S/C22H21F3N6O/c1-29-19-17(12-27)21(31-20(30-19)15-6-3-7-18(28)16(15)11-26)32-9-8-13-4-2-5-14(10-13)22(23,24)25/h2-7,10-12,26-27H,8-9,28H2,1H3,(H,29,30,31). The van der Waals surface area contributed by atoms with E-state index in [-0.39, 0.29) is 24.7 Å². The number of nitrogens with zero attached hydrogens (tertiary/aromatic N) is 2. The molecule has 0 aliphatic rings. The smallest absolute Gasteiger partial charge is 0.416 e. The van der Waals surface area contributed by atoms with Crippen LogP contribution in [0.3, 0.4) is 0 Å². The third kappa shape index (κ3) is 4.85. The lowest BCUT2D eigenvalue weighted by Gasteiger charge is -2.15. The number of nitrogens with one attached hydrogen (secondary N) is 3. The number of ether oxygens (including phenoxy) is 1. The van der Waals surface area contributed by atoms with Crippen LogP contribution in [0.5, 0.6) is 5.88 Å². The lowest BCUT2D eigenvalue weighted by Crippen LogP contribution is -2.11. The van der Waals surface area contributed by atoms with Gasteiger partial charge in [0.05, 0.1) is 17.7 Å². The number of halogens is 3. The number of hydrogen-bond acceptors (Lipinski definition) is 7. The fourth-order valence-corrected chi connectivity index (χ4v) is 3.11. The molecule has 0 saturated heterocycles. The lowest BCUT2D eigenvalue weighted by atomic mass is 10.1. The molecule has 0 bridgehead atoms. The minimum absolute atomic E-state index is 0.0378. The Morgan fingerprint density at radius 3 is 2.44 bits per heavy atom. The van der Waals surface area contributed by atoms with E-state index in [1.165, 1.54) is 6.07 Å². The molecular formula is C22H21F3N6O. The van der Waals surface area contributed by atoms with E-state index in [4.69, 9.17) is 21.3 Å². The number of alkyl halides is 3. The Hall–Kier alpha value is -3.95. The van der Waals surface area contributed by atoms with E-state index in [1.54, 1.807) is 31.3 Å². The van der Waals surface area contributed by atoms with Crippen molar-refractivity contribution >= 4 is 23.9 Å². The normalized spacial score (nSPS) is 11.1. The third-order valence-electron chi connectivity index (χ3n) is 4.70. The second-order valence-corrected chi connectivity index (χ2v) is 6.76. The van der Waals surface area contributed by atoms with E-state index in [0.717, 1.165) is 24.6 Å². The number of aromatic nitrogens is 2. The summed E-state index contributed by atoms with van der Waals surface area (Å²) in [5.74, 6) is 0.664. The Morgan fingerprint density at radius 1 is 1.06 bits per heavy atom. The maximum absolute atomic E-state index is 12.9. The summed E-state index contributed by atoms with van der Waals surface area (Å²) in [6.07, 6.45) is -2.07. The molecule has 3 aromatic rings. The molecule has 10 heteroatoms. The van der Waals surface area contributed by atoms with E-state index >= 15 is 0 Å². The molecule has 3 rings (SSSR count). The van der Waals surface area contributed by atoms with Crippen LogP contribution in [-0.4, -0.2) is 36.1 Å². The molecule has 0 aliphatic heterocycles. The lowest BCUT2D eigenvalue weighted by molar-refractivity contribution is -0.137. The Morgan fingerprint density at radius 2 is 1.78 bits per heavy atom. The van der Waals surface area contributed by atoms with Gasteiger partial charge in [-0.15, -0.1) is 0 Å². The number of rotatable bonds is 8. The fourth-order valence-electron chi connectivity index (χ4n) is 3.11. The number of hydrogen-bond donors (Lipinski definition) is 4. The van der Waals surface area contributed by atoms with Crippen molar-refractivity contribution in [3.8, 4) is 17.3 Å². The highest BCUT2D eigenvalue weighted by Gasteiger charge is 2.30. The maximum atomic E-state index is 12.9. The molecule has 0 spiro atoms. The minimum atomic E-state index is -4.42. The van der Waals surface area contributed by atoms with Gasteiger partial charge in [-0.25, -0.2) is 4.98 Å². The van der Waals surface area contributed by atoms with E-state index in [2.05, 4.69) is 15.3 Å². The van der Waals surface area contributed by atoms with Crippen molar-refractivity contribution in [3.05, 3.63) is 64.7 Å². The Kier molecular flexibility index (Phi) is 6.72. The molecule has 0 fully saturated rings. The van der Waals surface area contributed by atoms with Crippen molar-refractivity contribution in [1.82, 2.24) is 9.97 Å². The molecule has 1 heterocycles. The van der Waals surface area contributed by atoms with E-state index in [1.807, 2.05) is 0 Å². The van der Waals surface area contributed by atoms with Gasteiger partial charge in [-0.2, -0.15) is 18.2 Å². The summed E-state index contributed by atoms with van der Waals surface area (Å²) in [5.41, 5.74) is 7.31. The van der Waals surface area contributed by atoms with Crippen LogP contribution >= 0.6 is 0 Å². The Balaban J connectivity index is 1.91. The van der Waals surface area contributed by atoms with Crippen molar-refractivity contribution in [2.45, 2.75) is 12.6 Å². The summed E-state index contributed by atoms with van der Waals surface area (Å²) in [6, 6.07) is 10.1. The highest BCUT2D eigenvalue weighted by Crippen LogP contribution is 2.31. The van der Waals surface area contributed by atoms with Crippen molar-refractivity contribution in [2.75, 3.05) is 24.7 Å². The summed E-state index contributed by atoms with van der Waals surface area (Å²) in [5, 5.41) is 18.2. The first-order valence-electron chi connectivity index (χ1n) is 9.57. The summed E-state index contributed by atoms with van der Waals surface area (Å²) in [7, 11) is 1.63. The predicted molar refractivity (Wildman–Crippen MR) is 118 cm³/mol. The fraction of sp³-hybridized carbons (Fsp3) is 0.182. The van der Waals surface area contributed by atoms with Crippen LogP contribution in [0, 0.1) is 10.8 Å².